The molecule has 3 heterocycles. The van der Waals surface area contributed by atoms with E-state index in [1.165, 1.54) is 4.90 Å². The molecular weight excluding hydrogens is 414 g/mol. The van der Waals surface area contributed by atoms with Crippen LogP contribution in [0.3, 0.4) is 0 Å². The summed E-state index contributed by atoms with van der Waals surface area (Å²) in [4.78, 5) is 20.1. The minimum atomic E-state index is -0.728. The Balaban J connectivity index is 1.73. The number of thiazole rings is 1. The summed E-state index contributed by atoms with van der Waals surface area (Å²) in [5.41, 5.74) is 2.73. The van der Waals surface area contributed by atoms with E-state index in [2.05, 4.69) is 22.4 Å². The molecule has 152 valence electrons. The van der Waals surface area contributed by atoms with Crippen LogP contribution in [0.1, 0.15) is 28.1 Å². The zero-order valence-electron chi connectivity index (χ0n) is 16.9. The standard InChI is InChI=1S/C22H21N5OS2/c1-13-25-17(12-29-13)9-18-20(28)27(3)21(24)26-22(18,2)19-8-16(11-30-19)15-6-4-5-14(7-15)10-23/h4-8,11-12,18H,9H2,1-3H3,(H2,24,26)/t18?,22-/m0/s1. The quantitative estimate of drug-likeness (QED) is 0.645. The molecule has 1 aliphatic heterocycles. The summed E-state index contributed by atoms with van der Waals surface area (Å²) in [6.45, 7) is 3.94. The number of hydrogen-bond donors (Lipinski definition) is 2. The van der Waals surface area contributed by atoms with Crippen LogP contribution in [-0.4, -0.2) is 28.8 Å². The van der Waals surface area contributed by atoms with Crippen molar-refractivity contribution in [2.45, 2.75) is 25.8 Å². The first-order valence-electron chi connectivity index (χ1n) is 9.46. The molecule has 4 rings (SSSR count). The Bertz CT molecular complexity index is 1170. The number of carbonyl (C=O) groups excluding carboxylic acids is 1. The Labute approximate surface area is 183 Å². The van der Waals surface area contributed by atoms with E-state index in [9.17, 15) is 10.1 Å². The summed E-state index contributed by atoms with van der Waals surface area (Å²) in [6, 6.07) is 11.7. The van der Waals surface area contributed by atoms with Crippen molar-refractivity contribution in [3.63, 3.8) is 0 Å². The fraction of sp³-hybridized carbons (Fsp3) is 0.273. The Hall–Kier alpha value is -3.02. The van der Waals surface area contributed by atoms with Crippen molar-refractivity contribution < 1.29 is 4.79 Å². The average Bonchev–Trinajstić information content (AvgIpc) is 3.39. The van der Waals surface area contributed by atoms with Gasteiger partial charge in [-0.05, 0) is 48.6 Å². The molecule has 1 unspecified atom stereocenters. The molecule has 0 radical (unpaired) electrons. The molecule has 8 heteroatoms. The number of nitrogens with zero attached hydrogens (tertiary/aromatic N) is 3. The molecule has 30 heavy (non-hydrogen) atoms. The largest absolute Gasteiger partial charge is 0.345 e. The highest BCUT2D eigenvalue weighted by Crippen LogP contribution is 2.41. The van der Waals surface area contributed by atoms with Crippen molar-refractivity contribution in [3.8, 4) is 17.2 Å². The normalized spacial score (nSPS) is 21.4. The van der Waals surface area contributed by atoms with Crippen LogP contribution < -0.4 is 5.32 Å². The van der Waals surface area contributed by atoms with E-state index >= 15 is 0 Å². The van der Waals surface area contributed by atoms with Crippen molar-refractivity contribution in [2.75, 3.05) is 7.05 Å². The van der Waals surface area contributed by atoms with Crippen molar-refractivity contribution in [1.29, 1.82) is 10.7 Å². The van der Waals surface area contributed by atoms with Crippen LogP contribution in [0.25, 0.3) is 11.1 Å². The Morgan fingerprint density at radius 2 is 2.10 bits per heavy atom. The van der Waals surface area contributed by atoms with Gasteiger partial charge < -0.3 is 5.32 Å². The lowest BCUT2D eigenvalue weighted by atomic mass is 9.78. The van der Waals surface area contributed by atoms with Gasteiger partial charge in [0.2, 0.25) is 5.91 Å². The fourth-order valence-corrected chi connectivity index (χ4v) is 5.49. The predicted molar refractivity (Wildman–Crippen MR) is 119 cm³/mol. The number of benzene rings is 1. The Morgan fingerprint density at radius 3 is 2.80 bits per heavy atom. The molecule has 2 aromatic heterocycles. The predicted octanol–water partition coefficient (Wildman–Crippen LogP) is 4.12. The highest BCUT2D eigenvalue weighted by atomic mass is 32.1. The van der Waals surface area contributed by atoms with Gasteiger partial charge in [-0.1, -0.05) is 12.1 Å². The second-order valence-electron chi connectivity index (χ2n) is 7.58. The van der Waals surface area contributed by atoms with E-state index in [0.717, 1.165) is 26.7 Å². The van der Waals surface area contributed by atoms with Crippen LogP contribution >= 0.6 is 22.7 Å². The minimum absolute atomic E-state index is 0.0895. The molecule has 0 bridgehead atoms. The fourth-order valence-electron chi connectivity index (χ4n) is 3.77. The third-order valence-electron chi connectivity index (χ3n) is 5.56. The van der Waals surface area contributed by atoms with E-state index in [1.54, 1.807) is 35.8 Å². The van der Waals surface area contributed by atoms with Gasteiger partial charge in [-0.15, -0.1) is 22.7 Å². The third-order valence-corrected chi connectivity index (χ3v) is 7.55. The lowest BCUT2D eigenvalue weighted by molar-refractivity contribution is -0.135. The number of hydrogen-bond acceptors (Lipinski definition) is 6. The van der Waals surface area contributed by atoms with E-state index in [0.29, 0.717) is 12.0 Å². The molecular formula is C22H21N5OS2. The van der Waals surface area contributed by atoms with Crippen molar-refractivity contribution in [1.82, 2.24) is 15.2 Å². The molecule has 1 aliphatic rings. The summed E-state index contributed by atoms with van der Waals surface area (Å²) in [6.07, 6.45) is 0.501. The summed E-state index contributed by atoms with van der Waals surface area (Å²) < 4.78 is 0. The molecule has 0 saturated carbocycles. The van der Waals surface area contributed by atoms with Gasteiger partial charge in [-0.2, -0.15) is 5.26 Å². The minimum Gasteiger partial charge on any atom is -0.345 e. The number of amides is 1. The van der Waals surface area contributed by atoms with Gasteiger partial charge in [0.05, 0.1) is 33.8 Å². The topological polar surface area (TPSA) is 92.9 Å². The maximum Gasteiger partial charge on any atom is 0.235 e. The number of carbonyl (C=O) groups is 1. The second-order valence-corrected chi connectivity index (χ2v) is 9.55. The number of guanidine groups is 1. The van der Waals surface area contributed by atoms with E-state index < -0.39 is 11.5 Å². The first-order valence-corrected chi connectivity index (χ1v) is 11.2. The van der Waals surface area contributed by atoms with Crippen molar-refractivity contribution in [2.24, 2.45) is 5.92 Å². The molecule has 1 saturated heterocycles. The first-order chi connectivity index (χ1) is 14.3. The molecule has 6 nitrogen and oxygen atoms in total. The number of nitrogens with one attached hydrogen (secondary N) is 2. The zero-order valence-corrected chi connectivity index (χ0v) is 18.5. The van der Waals surface area contributed by atoms with Crippen LogP contribution in [0.4, 0.5) is 0 Å². The monoisotopic (exact) mass is 435 g/mol. The first kappa shape index (κ1) is 20.3. The van der Waals surface area contributed by atoms with Gasteiger partial charge in [0.1, 0.15) is 0 Å². The Kier molecular flexibility index (Phi) is 5.18. The van der Waals surface area contributed by atoms with Crippen LogP contribution in [0.2, 0.25) is 0 Å². The molecule has 1 amide bonds. The van der Waals surface area contributed by atoms with Gasteiger partial charge in [0.25, 0.3) is 0 Å². The van der Waals surface area contributed by atoms with E-state index in [-0.39, 0.29) is 11.9 Å². The van der Waals surface area contributed by atoms with Gasteiger partial charge in [0.15, 0.2) is 5.96 Å². The van der Waals surface area contributed by atoms with E-state index in [4.69, 9.17) is 5.41 Å². The summed E-state index contributed by atoms with van der Waals surface area (Å²) in [7, 11) is 1.63. The van der Waals surface area contributed by atoms with Crippen LogP contribution in [0.5, 0.6) is 0 Å². The Morgan fingerprint density at radius 1 is 1.30 bits per heavy atom. The van der Waals surface area contributed by atoms with Gasteiger partial charge in [-0.3, -0.25) is 15.1 Å². The molecule has 3 aromatic rings. The van der Waals surface area contributed by atoms with E-state index in [1.807, 2.05) is 42.8 Å². The second kappa shape index (κ2) is 7.67. The number of nitriles is 1. The SMILES string of the molecule is Cc1nc(CC2C(=O)N(C)C(=N)N[C@]2(C)c2cc(-c3cccc(C#N)c3)cs2)cs1. The highest BCUT2D eigenvalue weighted by Gasteiger charge is 2.48. The lowest BCUT2D eigenvalue weighted by Gasteiger charge is -2.44. The summed E-state index contributed by atoms with van der Waals surface area (Å²) in [5.74, 6) is -0.391. The van der Waals surface area contributed by atoms with Crippen LogP contribution in [-0.2, 0) is 16.8 Å². The highest BCUT2D eigenvalue weighted by molar-refractivity contribution is 7.10. The maximum atomic E-state index is 13.2. The molecule has 0 aliphatic carbocycles. The van der Waals surface area contributed by atoms with Crippen molar-refractivity contribution >= 4 is 34.5 Å². The summed E-state index contributed by atoms with van der Waals surface area (Å²) >= 11 is 3.13. The van der Waals surface area contributed by atoms with Gasteiger partial charge in [0, 0.05) is 23.7 Å². The van der Waals surface area contributed by atoms with Gasteiger partial charge >= 0.3 is 0 Å². The van der Waals surface area contributed by atoms with Crippen molar-refractivity contribution in [3.05, 3.63) is 62.2 Å². The molecule has 1 fully saturated rings. The number of thiophene rings is 1. The number of aromatic nitrogens is 1. The molecule has 0 spiro atoms. The molecule has 1 aromatic carbocycles. The third kappa shape index (κ3) is 3.51. The molecule has 2 atom stereocenters. The lowest BCUT2D eigenvalue weighted by Crippen LogP contribution is -2.64. The van der Waals surface area contributed by atoms with Crippen LogP contribution in [0, 0.1) is 29.6 Å². The van der Waals surface area contributed by atoms with Gasteiger partial charge in [-0.25, -0.2) is 4.98 Å². The molecule has 2 N–H and O–H groups in total. The van der Waals surface area contributed by atoms with Crippen LogP contribution in [0.15, 0.2) is 41.1 Å². The smallest absolute Gasteiger partial charge is 0.235 e. The number of rotatable bonds is 4. The maximum absolute atomic E-state index is 13.2. The summed E-state index contributed by atoms with van der Waals surface area (Å²) in [5, 5.41) is 25.7. The zero-order chi connectivity index (χ0) is 21.5. The number of aryl methyl sites for hydroxylation is 1. The average molecular weight is 436 g/mol.